The van der Waals surface area contributed by atoms with Crippen LogP contribution in [0.25, 0.3) is 6.08 Å². The van der Waals surface area contributed by atoms with E-state index >= 15 is 0 Å². The van der Waals surface area contributed by atoms with E-state index in [-0.39, 0.29) is 17.0 Å². The number of alkyl halides is 5. The summed E-state index contributed by atoms with van der Waals surface area (Å²) in [4.78, 5) is 11.9. The van der Waals surface area contributed by atoms with Crippen molar-refractivity contribution in [3.05, 3.63) is 60.2 Å². The molecule has 1 amide bonds. The summed E-state index contributed by atoms with van der Waals surface area (Å²) in [5.41, 5.74) is -0.000586. The Kier molecular flexibility index (Phi) is 6.16. The molecule has 0 fully saturated rings. The second kappa shape index (κ2) is 8.32. The third-order valence-electron chi connectivity index (χ3n) is 2.92. The summed E-state index contributed by atoms with van der Waals surface area (Å²) in [5, 5.41) is 2.22. The number of hydrogen-bond donors (Lipinski definition) is 1. The van der Waals surface area contributed by atoms with Crippen molar-refractivity contribution in [3.63, 3.8) is 0 Å². The Morgan fingerprint density at radius 3 is 2.27 bits per heavy atom. The van der Waals surface area contributed by atoms with Crippen LogP contribution in [0.4, 0.5) is 27.6 Å². The molecule has 2 rings (SSSR count). The van der Waals surface area contributed by atoms with Crippen LogP contribution in [-0.2, 0) is 4.79 Å². The first-order chi connectivity index (χ1) is 12.2. The fourth-order valence-corrected chi connectivity index (χ4v) is 1.94. The lowest BCUT2D eigenvalue weighted by atomic mass is 10.2. The number of carbonyl (C=O) groups is 1. The first kappa shape index (κ1) is 19.2. The Balaban J connectivity index is 2.12. The van der Waals surface area contributed by atoms with Crippen LogP contribution in [0.3, 0.4) is 0 Å². The predicted molar refractivity (Wildman–Crippen MR) is 83.9 cm³/mol. The number of para-hydroxylation sites is 3. The summed E-state index contributed by atoms with van der Waals surface area (Å²) in [6.07, 6.45) is -2.75. The molecule has 2 aromatic carbocycles. The second-order valence-corrected chi connectivity index (χ2v) is 4.78. The van der Waals surface area contributed by atoms with E-state index in [0.29, 0.717) is 0 Å². The minimum Gasteiger partial charge on any atom is -0.434 e. The molecule has 9 heteroatoms. The highest BCUT2D eigenvalue weighted by molar-refractivity contribution is 6.02. The fraction of sp³-hybridized carbons (Fsp3) is 0.118. The Morgan fingerprint density at radius 2 is 1.62 bits per heavy atom. The van der Waals surface area contributed by atoms with Gasteiger partial charge >= 0.3 is 13.0 Å². The lowest BCUT2D eigenvalue weighted by molar-refractivity contribution is -0.274. The van der Waals surface area contributed by atoms with Gasteiger partial charge in [-0.3, -0.25) is 4.79 Å². The van der Waals surface area contributed by atoms with Gasteiger partial charge in [-0.05, 0) is 24.3 Å². The highest BCUT2D eigenvalue weighted by atomic mass is 19.4. The van der Waals surface area contributed by atoms with Crippen LogP contribution >= 0.6 is 0 Å². The quantitative estimate of drug-likeness (QED) is 0.582. The molecule has 0 heterocycles. The number of nitrogens with one attached hydrogen (secondary N) is 1. The fourth-order valence-electron chi connectivity index (χ4n) is 1.94. The number of benzene rings is 2. The van der Waals surface area contributed by atoms with E-state index < -0.39 is 24.6 Å². The van der Waals surface area contributed by atoms with E-state index in [1.807, 2.05) is 0 Å². The molecule has 138 valence electrons. The minimum absolute atomic E-state index is 0.146. The second-order valence-electron chi connectivity index (χ2n) is 4.78. The number of anilines is 1. The largest absolute Gasteiger partial charge is 0.573 e. The molecular weight excluding hydrogens is 361 g/mol. The van der Waals surface area contributed by atoms with Gasteiger partial charge in [-0.2, -0.15) is 8.78 Å². The molecule has 0 bridgehead atoms. The summed E-state index contributed by atoms with van der Waals surface area (Å²) < 4.78 is 69.9. The molecule has 4 nitrogen and oxygen atoms in total. The molecule has 0 atom stereocenters. The molecule has 0 aromatic heterocycles. The zero-order valence-electron chi connectivity index (χ0n) is 13.0. The predicted octanol–water partition coefficient (Wildman–Crippen LogP) is 4.84. The van der Waals surface area contributed by atoms with Crippen molar-refractivity contribution >= 4 is 17.7 Å². The summed E-state index contributed by atoms with van der Waals surface area (Å²) in [7, 11) is 0. The van der Waals surface area contributed by atoms with E-state index in [1.165, 1.54) is 42.5 Å². The molecule has 0 saturated heterocycles. The molecule has 2 aromatic rings. The van der Waals surface area contributed by atoms with Crippen molar-refractivity contribution in [2.45, 2.75) is 13.0 Å². The standard InChI is InChI=1S/C17H12F5NO3/c18-16(19)25-13-7-3-1-5-11(13)9-10-15(24)23-12-6-2-4-8-14(12)26-17(20,21)22/h1-10,16H,(H,23,24)/b10-9+. The van der Waals surface area contributed by atoms with Gasteiger partial charge in [-0.25, -0.2) is 0 Å². The van der Waals surface area contributed by atoms with Crippen LogP contribution in [0.2, 0.25) is 0 Å². The summed E-state index contributed by atoms with van der Waals surface area (Å²) >= 11 is 0. The van der Waals surface area contributed by atoms with Crippen molar-refractivity contribution in [3.8, 4) is 11.5 Å². The lowest BCUT2D eigenvalue weighted by Crippen LogP contribution is -2.19. The number of amides is 1. The third kappa shape index (κ3) is 6.08. The van der Waals surface area contributed by atoms with Gasteiger partial charge in [0.15, 0.2) is 5.75 Å². The average molecular weight is 373 g/mol. The number of ether oxygens (including phenoxy) is 2. The maximum Gasteiger partial charge on any atom is 0.573 e. The maximum atomic E-state index is 12.4. The topological polar surface area (TPSA) is 47.6 Å². The third-order valence-corrected chi connectivity index (χ3v) is 2.92. The van der Waals surface area contributed by atoms with Crippen molar-refractivity contribution in [2.24, 2.45) is 0 Å². The van der Waals surface area contributed by atoms with Crippen LogP contribution < -0.4 is 14.8 Å². The maximum absolute atomic E-state index is 12.4. The Bertz CT molecular complexity index is 790. The van der Waals surface area contributed by atoms with Gasteiger partial charge in [0.25, 0.3) is 0 Å². The molecule has 0 aliphatic carbocycles. The van der Waals surface area contributed by atoms with Crippen molar-refractivity contribution in [2.75, 3.05) is 5.32 Å². The zero-order chi connectivity index (χ0) is 19.2. The van der Waals surface area contributed by atoms with Gasteiger partial charge in [-0.1, -0.05) is 30.3 Å². The van der Waals surface area contributed by atoms with Gasteiger partial charge in [-0.15, -0.1) is 13.2 Å². The summed E-state index contributed by atoms with van der Waals surface area (Å²) in [5.74, 6) is -1.51. The van der Waals surface area contributed by atoms with Crippen molar-refractivity contribution in [1.29, 1.82) is 0 Å². The van der Waals surface area contributed by atoms with E-state index in [9.17, 15) is 26.7 Å². The number of halogens is 5. The van der Waals surface area contributed by atoms with Crippen LogP contribution in [0.5, 0.6) is 11.5 Å². The number of hydrogen-bond acceptors (Lipinski definition) is 3. The van der Waals surface area contributed by atoms with Gasteiger partial charge in [0.2, 0.25) is 5.91 Å². The average Bonchev–Trinajstić information content (AvgIpc) is 2.54. The molecule has 26 heavy (non-hydrogen) atoms. The molecule has 0 spiro atoms. The van der Waals surface area contributed by atoms with E-state index in [1.54, 1.807) is 6.07 Å². The summed E-state index contributed by atoms with van der Waals surface area (Å²) in [6, 6.07) is 10.7. The molecule has 0 aliphatic rings. The molecule has 0 saturated carbocycles. The Morgan fingerprint density at radius 1 is 1.00 bits per heavy atom. The Labute approximate surface area is 144 Å². The van der Waals surface area contributed by atoms with Crippen molar-refractivity contribution < 1.29 is 36.2 Å². The van der Waals surface area contributed by atoms with E-state index in [2.05, 4.69) is 14.8 Å². The van der Waals surface area contributed by atoms with Gasteiger partial charge in [0.1, 0.15) is 5.75 Å². The first-order valence-corrected chi connectivity index (χ1v) is 7.12. The Hall–Kier alpha value is -3.10. The zero-order valence-corrected chi connectivity index (χ0v) is 13.0. The van der Waals surface area contributed by atoms with Crippen molar-refractivity contribution in [1.82, 2.24) is 0 Å². The molecular formula is C17H12F5NO3. The SMILES string of the molecule is O=C(/C=C/c1ccccc1OC(F)F)Nc1ccccc1OC(F)(F)F. The smallest absolute Gasteiger partial charge is 0.434 e. The number of carbonyl (C=O) groups excluding carboxylic acids is 1. The molecule has 0 unspecified atom stereocenters. The van der Waals surface area contributed by atoms with Gasteiger partial charge < -0.3 is 14.8 Å². The van der Waals surface area contributed by atoms with E-state index in [0.717, 1.165) is 12.1 Å². The van der Waals surface area contributed by atoms with Crippen LogP contribution in [0.1, 0.15) is 5.56 Å². The monoisotopic (exact) mass is 373 g/mol. The van der Waals surface area contributed by atoms with Gasteiger partial charge in [0.05, 0.1) is 5.69 Å². The molecule has 1 N–H and O–H groups in total. The van der Waals surface area contributed by atoms with Crippen LogP contribution in [0.15, 0.2) is 54.6 Å². The van der Waals surface area contributed by atoms with Gasteiger partial charge in [0, 0.05) is 11.6 Å². The minimum atomic E-state index is -4.91. The highest BCUT2D eigenvalue weighted by Crippen LogP contribution is 2.30. The number of rotatable bonds is 6. The van der Waals surface area contributed by atoms with E-state index in [4.69, 9.17) is 0 Å². The molecule has 0 radical (unpaired) electrons. The molecule has 0 aliphatic heterocycles. The normalized spacial score (nSPS) is 11.6. The first-order valence-electron chi connectivity index (χ1n) is 7.12. The summed E-state index contributed by atoms with van der Waals surface area (Å²) in [6.45, 7) is -3.04. The highest BCUT2D eigenvalue weighted by Gasteiger charge is 2.32. The van der Waals surface area contributed by atoms with Crippen LogP contribution in [0, 0.1) is 0 Å². The lowest BCUT2D eigenvalue weighted by Gasteiger charge is -2.13. The van der Waals surface area contributed by atoms with Crippen LogP contribution in [-0.4, -0.2) is 18.9 Å².